The third-order valence-corrected chi connectivity index (χ3v) is 10.4. The number of urea groups is 1. The molecule has 2 N–H and O–H groups in total. The summed E-state index contributed by atoms with van der Waals surface area (Å²) in [6.45, 7) is 6.00. The molecule has 7 heteroatoms. The van der Waals surface area contributed by atoms with Gasteiger partial charge in [0.15, 0.2) is 0 Å². The molecule has 4 atom stereocenters. The number of sulfonamides is 1. The van der Waals surface area contributed by atoms with Crippen molar-refractivity contribution in [3.8, 4) is 0 Å². The summed E-state index contributed by atoms with van der Waals surface area (Å²) in [5, 5.41) is 6.51. The molecular weight excluding hydrogens is 422 g/mol. The van der Waals surface area contributed by atoms with Crippen LogP contribution in [-0.4, -0.2) is 43.9 Å². The van der Waals surface area contributed by atoms with E-state index < -0.39 is 10.0 Å². The monoisotopic (exact) mass is 459 g/mol. The van der Waals surface area contributed by atoms with Gasteiger partial charge >= 0.3 is 6.03 Å². The van der Waals surface area contributed by atoms with Crippen molar-refractivity contribution in [1.82, 2.24) is 14.9 Å². The summed E-state index contributed by atoms with van der Waals surface area (Å²) >= 11 is 0. The van der Waals surface area contributed by atoms with Crippen molar-refractivity contribution in [3.05, 3.63) is 29.8 Å². The first-order valence-corrected chi connectivity index (χ1v) is 13.7. The van der Waals surface area contributed by atoms with Gasteiger partial charge in [-0.15, -0.1) is 0 Å². The first kappa shape index (κ1) is 22.2. The van der Waals surface area contributed by atoms with Crippen LogP contribution in [0.15, 0.2) is 29.2 Å². The number of aryl methyl sites for hydroxylation is 1. The van der Waals surface area contributed by atoms with Crippen LogP contribution >= 0.6 is 0 Å². The Bertz CT molecular complexity index is 953. The van der Waals surface area contributed by atoms with Crippen molar-refractivity contribution >= 4 is 16.1 Å². The molecule has 1 saturated heterocycles. The maximum absolute atomic E-state index is 12.9. The summed E-state index contributed by atoms with van der Waals surface area (Å²) in [7, 11) is -3.44. The van der Waals surface area contributed by atoms with Crippen LogP contribution in [0.3, 0.4) is 0 Å². The summed E-state index contributed by atoms with van der Waals surface area (Å²) < 4.78 is 27.4. The lowest BCUT2D eigenvalue weighted by Crippen LogP contribution is -2.64. The van der Waals surface area contributed by atoms with Crippen molar-refractivity contribution < 1.29 is 13.2 Å². The zero-order valence-electron chi connectivity index (χ0n) is 19.4. The van der Waals surface area contributed by atoms with Crippen LogP contribution in [0.5, 0.6) is 0 Å². The van der Waals surface area contributed by atoms with E-state index in [4.69, 9.17) is 0 Å². The number of nitrogens with one attached hydrogen (secondary N) is 2. The lowest BCUT2D eigenvalue weighted by Gasteiger charge is -2.61. The number of hydrogen-bond acceptors (Lipinski definition) is 3. The highest BCUT2D eigenvalue weighted by atomic mass is 32.2. The number of hydrogen-bond donors (Lipinski definition) is 2. The van der Waals surface area contributed by atoms with E-state index in [-0.39, 0.29) is 11.6 Å². The molecule has 32 heavy (non-hydrogen) atoms. The minimum absolute atomic E-state index is 0.00556. The molecular formula is C25H37N3O3S. The van der Waals surface area contributed by atoms with E-state index in [1.165, 1.54) is 19.3 Å². The van der Waals surface area contributed by atoms with Gasteiger partial charge in [0.2, 0.25) is 10.0 Å². The highest BCUT2D eigenvalue weighted by molar-refractivity contribution is 7.89. The van der Waals surface area contributed by atoms with Gasteiger partial charge < -0.3 is 10.6 Å². The summed E-state index contributed by atoms with van der Waals surface area (Å²) in [6.07, 6.45) is 8.97. The quantitative estimate of drug-likeness (QED) is 0.697. The van der Waals surface area contributed by atoms with Gasteiger partial charge in [0.05, 0.1) is 4.90 Å². The summed E-state index contributed by atoms with van der Waals surface area (Å²) in [5.74, 6) is 1.88. The molecule has 1 aromatic carbocycles. The Morgan fingerprint density at radius 3 is 2.28 bits per heavy atom. The summed E-state index contributed by atoms with van der Waals surface area (Å²) in [4.78, 5) is 13.1. The van der Waals surface area contributed by atoms with E-state index in [9.17, 15) is 13.2 Å². The van der Waals surface area contributed by atoms with Gasteiger partial charge in [-0.05, 0) is 93.6 Å². The van der Waals surface area contributed by atoms with Crippen molar-refractivity contribution in [3.63, 3.8) is 0 Å². The smallest absolute Gasteiger partial charge is 0.315 e. The highest BCUT2D eigenvalue weighted by Gasteiger charge is 2.56. The molecule has 1 aromatic rings. The lowest BCUT2D eigenvalue weighted by molar-refractivity contribution is -0.0668. The Kier molecular flexibility index (Phi) is 5.56. The average molecular weight is 460 g/mol. The molecule has 1 heterocycles. The Labute approximate surface area is 192 Å². The normalized spacial score (nSPS) is 35.1. The third-order valence-electron chi connectivity index (χ3n) is 8.52. The Hall–Kier alpha value is -1.60. The molecule has 0 aromatic heterocycles. The molecule has 6 rings (SSSR count). The van der Waals surface area contributed by atoms with Crippen molar-refractivity contribution in [2.45, 2.75) is 75.6 Å². The van der Waals surface area contributed by atoms with Gasteiger partial charge in [0.1, 0.15) is 0 Å². The molecule has 2 amide bonds. The number of benzene rings is 1. The van der Waals surface area contributed by atoms with Crippen LogP contribution in [0, 0.1) is 30.1 Å². The molecule has 0 spiro atoms. The number of carbonyl (C=O) groups excluding carboxylic acids is 1. The largest absolute Gasteiger partial charge is 0.338 e. The average Bonchev–Trinajstić information content (AvgIpc) is 2.71. The van der Waals surface area contributed by atoms with Crippen LogP contribution in [0.2, 0.25) is 0 Å². The first-order chi connectivity index (χ1) is 15.1. The molecule has 5 aliphatic rings. The molecule has 4 aliphatic carbocycles. The van der Waals surface area contributed by atoms with E-state index in [0.29, 0.717) is 35.9 Å². The molecule has 176 valence electrons. The van der Waals surface area contributed by atoms with Gasteiger partial charge in [0, 0.05) is 25.2 Å². The summed E-state index contributed by atoms with van der Waals surface area (Å²) in [5.41, 5.74) is 1.45. The van der Waals surface area contributed by atoms with Crippen molar-refractivity contribution in [1.29, 1.82) is 0 Å². The minimum atomic E-state index is -3.44. The van der Waals surface area contributed by atoms with Crippen LogP contribution in [0.4, 0.5) is 4.79 Å². The number of rotatable bonds is 5. The maximum atomic E-state index is 12.9. The predicted octanol–water partition coefficient (Wildman–Crippen LogP) is 4.05. The number of amides is 2. The summed E-state index contributed by atoms with van der Waals surface area (Å²) in [6, 6.07) is 7.02. The molecule has 6 nitrogen and oxygen atoms in total. The molecule has 2 unspecified atom stereocenters. The molecule has 5 fully saturated rings. The minimum Gasteiger partial charge on any atom is -0.338 e. The van der Waals surface area contributed by atoms with Gasteiger partial charge in [-0.2, -0.15) is 4.31 Å². The molecule has 0 radical (unpaired) electrons. The predicted molar refractivity (Wildman–Crippen MR) is 125 cm³/mol. The molecule has 4 saturated carbocycles. The van der Waals surface area contributed by atoms with E-state index >= 15 is 0 Å². The number of piperidine rings is 1. The molecule has 1 aliphatic heterocycles. The number of carbonyl (C=O) groups is 1. The fraction of sp³-hybridized carbons (Fsp3) is 0.720. The fourth-order valence-electron chi connectivity index (χ4n) is 7.60. The van der Waals surface area contributed by atoms with E-state index in [1.807, 2.05) is 19.1 Å². The topological polar surface area (TPSA) is 78.5 Å². The first-order valence-electron chi connectivity index (χ1n) is 12.3. The van der Waals surface area contributed by atoms with Gasteiger partial charge in [-0.25, -0.2) is 13.2 Å². The van der Waals surface area contributed by atoms with Crippen LogP contribution in [0.1, 0.15) is 63.9 Å². The Balaban J connectivity index is 1.11. The zero-order valence-corrected chi connectivity index (χ0v) is 20.2. The van der Waals surface area contributed by atoms with E-state index in [1.54, 1.807) is 16.4 Å². The fourth-order valence-corrected chi connectivity index (χ4v) is 9.07. The SMILES string of the molecule is Cc1ccc(S(=O)(=O)N2CCC(CNC(=O)NC34C[C@@H]5C[C@@H](CC(C)(C5)C3)C4)CC2)cc1. The van der Waals surface area contributed by atoms with Gasteiger partial charge in [0.25, 0.3) is 0 Å². The highest BCUT2D eigenvalue weighted by Crippen LogP contribution is 2.61. The van der Waals surface area contributed by atoms with E-state index in [2.05, 4.69) is 17.6 Å². The zero-order chi connectivity index (χ0) is 22.6. The standard InChI is InChI=1S/C25H37N3O3S/c1-18-3-5-22(6-4-18)32(30,31)28-9-7-19(8-10-28)16-26-23(29)27-25-14-20-11-21(15-25)13-24(2,12-20)17-25/h3-6,19-21H,7-17H2,1-2H3,(H2,26,27,29)/t20-,21+,24?,25?. The second-order valence-electron chi connectivity index (χ2n) is 11.5. The number of nitrogens with zero attached hydrogens (tertiary/aromatic N) is 1. The van der Waals surface area contributed by atoms with Gasteiger partial charge in [-0.3, -0.25) is 0 Å². The maximum Gasteiger partial charge on any atom is 0.315 e. The second kappa shape index (κ2) is 8.01. The van der Waals surface area contributed by atoms with Crippen LogP contribution in [-0.2, 0) is 10.0 Å². The Morgan fingerprint density at radius 1 is 1.06 bits per heavy atom. The third kappa shape index (κ3) is 4.30. The van der Waals surface area contributed by atoms with Gasteiger partial charge in [-0.1, -0.05) is 24.6 Å². The second-order valence-corrected chi connectivity index (χ2v) is 13.5. The van der Waals surface area contributed by atoms with E-state index in [0.717, 1.165) is 49.5 Å². The molecule has 4 bridgehead atoms. The van der Waals surface area contributed by atoms with Crippen molar-refractivity contribution in [2.75, 3.05) is 19.6 Å². The Morgan fingerprint density at radius 2 is 1.69 bits per heavy atom. The van der Waals surface area contributed by atoms with Crippen LogP contribution in [0.25, 0.3) is 0 Å². The lowest BCUT2D eigenvalue weighted by atomic mass is 9.47. The van der Waals surface area contributed by atoms with Crippen molar-refractivity contribution in [2.24, 2.45) is 23.2 Å². The van der Waals surface area contributed by atoms with Crippen LogP contribution < -0.4 is 10.6 Å².